The van der Waals surface area contributed by atoms with Gasteiger partial charge in [-0.3, -0.25) is 4.79 Å². The van der Waals surface area contributed by atoms with Crippen molar-refractivity contribution in [3.63, 3.8) is 0 Å². The predicted molar refractivity (Wildman–Crippen MR) is 90.7 cm³/mol. The predicted octanol–water partition coefficient (Wildman–Crippen LogP) is 3.48. The van der Waals surface area contributed by atoms with Crippen LogP contribution in [0.25, 0.3) is 0 Å². The highest BCUT2D eigenvalue weighted by Gasteiger charge is 2.16. The van der Waals surface area contributed by atoms with Gasteiger partial charge in [-0.25, -0.2) is 0 Å². The summed E-state index contributed by atoms with van der Waals surface area (Å²) in [4.78, 5) is 12.1. The van der Waals surface area contributed by atoms with Crippen molar-refractivity contribution in [3.8, 4) is 0 Å². The van der Waals surface area contributed by atoms with Crippen molar-refractivity contribution >= 4 is 17.5 Å². The van der Waals surface area contributed by atoms with E-state index in [1.807, 2.05) is 61.5 Å². The summed E-state index contributed by atoms with van der Waals surface area (Å²) < 4.78 is 0. The van der Waals surface area contributed by atoms with Crippen LogP contribution in [0.4, 0.5) is 0 Å². The maximum absolute atomic E-state index is 12.1. The van der Waals surface area contributed by atoms with Crippen molar-refractivity contribution in [1.82, 2.24) is 5.32 Å². The molecule has 2 rings (SSSR count). The van der Waals surface area contributed by atoms with Crippen molar-refractivity contribution in [2.75, 3.05) is 0 Å². The van der Waals surface area contributed by atoms with E-state index in [-0.39, 0.29) is 18.0 Å². The van der Waals surface area contributed by atoms with Crippen LogP contribution in [0.3, 0.4) is 0 Å². The molecule has 2 aromatic rings. The number of hydrogen-bond acceptors (Lipinski definition) is 2. The van der Waals surface area contributed by atoms with Gasteiger partial charge in [-0.2, -0.15) is 0 Å². The first-order valence-corrected chi connectivity index (χ1v) is 7.76. The summed E-state index contributed by atoms with van der Waals surface area (Å²) in [5.41, 5.74) is 7.90. The molecule has 2 unspecified atom stereocenters. The zero-order chi connectivity index (χ0) is 15.9. The molecule has 0 saturated heterocycles. The molecule has 4 heteroatoms. The Hall–Kier alpha value is -1.84. The number of amides is 1. The van der Waals surface area contributed by atoms with Gasteiger partial charge in [0.1, 0.15) is 0 Å². The van der Waals surface area contributed by atoms with Gasteiger partial charge in [-0.15, -0.1) is 0 Å². The molecular weight excluding hydrogens is 296 g/mol. The second-order valence-corrected chi connectivity index (χ2v) is 5.98. The fourth-order valence-corrected chi connectivity index (χ4v) is 2.47. The van der Waals surface area contributed by atoms with Crippen LogP contribution in [0.1, 0.15) is 30.5 Å². The summed E-state index contributed by atoms with van der Waals surface area (Å²) in [7, 11) is 0. The Balaban J connectivity index is 2.14. The lowest BCUT2D eigenvalue weighted by Gasteiger charge is -2.20. The SMILES string of the molecule is CC(N)CC(=O)NC(Cc1ccc(Cl)cc1)c1ccccc1. The highest BCUT2D eigenvalue weighted by molar-refractivity contribution is 6.30. The van der Waals surface area contributed by atoms with Gasteiger partial charge >= 0.3 is 0 Å². The molecule has 116 valence electrons. The molecule has 22 heavy (non-hydrogen) atoms. The van der Waals surface area contributed by atoms with Crippen LogP contribution in [-0.2, 0) is 11.2 Å². The van der Waals surface area contributed by atoms with E-state index in [9.17, 15) is 4.79 Å². The first-order valence-electron chi connectivity index (χ1n) is 7.39. The molecule has 3 nitrogen and oxygen atoms in total. The summed E-state index contributed by atoms with van der Waals surface area (Å²) in [6.07, 6.45) is 1.04. The van der Waals surface area contributed by atoms with Gasteiger partial charge < -0.3 is 11.1 Å². The van der Waals surface area contributed by atoms with E-state index >= 15 is 0 Å². The van der Waals surface area contributed by atoms with Gasteiger partial charge in [0.25, 0.3) is 0 Å². The second-order valence-electron chi connectivity index (χ2n) is 5.54. The summed E-state index contributed by atoms with van der Waals surface area (Å²) >= 11 is 5.92. The molecule has 1 amide bonds. The molecule has 2 atom stereocenters. The number of hydrogen-bond donors (Lipinski definition) is 2. The molecule has 0 radical (unpaired) electrons. The number of nitrogens with one attached hydrogen (secondary N) is 1. The largest absolute Gasteiger partial charge is 0.349 e. The maximum atomic E-state index is 12.1. The molecular formula is C18H21ClN2O. The van der Waals surface area contributed by atoms with Gasteiger partial charge in [0.05, 0.1) is 6.04 Å². The van der Waals surface area contributed by atoms with Crippen LogP contribution in [0, 0.1) is 0 Å². The highest BCUT2D eigenvalue weighted by atomic mass is 35.5. The number of halogens is 1. The number of carbonyl (C=O) groups excluding carboxylic acids is 1. The topological polar surface area (TPSA) is 55.1 Å². The van der Waals surface area contributed by atoms with Crippen LogP contribution >= 0.6 is 11.6 Å². The minimum Gasteiger partial charge on any atom is -0.349 e. The van der Waals surface area contributed by atoms with Crippen molar-refractivity contribution in [2.45, 2.75) is 31.8 Å². The molecule has 0 aliphatic rings. The molecule has 0 aromatic heterocycles. The van der Waals surface area contributed by atoms with Crippen LogP contribution in [-0.4, -0.2) is 11.9 Å². The van der Waals surface area contributed by atoms with E-state index in [1.54, 1.807) is 0 Å². The number of carbonyl (C=O) groups is 1. The zero-order valence-electron chi connectivity index (χ0n) is 12.6. The quantitative estimate of drug-likeness (QED) is 0.857. The standard InChI is InChI=1S/C18H21ClN2O/c1-13(20)11-18(22)21-17(15-5-3-2-4-6-15)12-14-7-9-16(19)10-8-14/h2-10,13,17H,11-12,20H2,1H3,(H,21,22). The zero-order valence-corrected chi connectivity index (χ0v) is 13.4. The summed E-state index contributed by atoms with van der Waals surface area (Å²) in [6.45, 7) is 1.83. The van der Waals surface area contributed by atoms with Gasteiger partial charge in [0.15, 0.2) is 0 Å². The fourth-order valence-electron chi connectivity index (χ4n) is 2.34. The third-order valence-electron chi connectivity index (χ3n) is 3.40. The van der Waals surface area contributed by atoms with Crippen molar-refractivity contribution < 1.29 is 4.79 Å². The Labute approximate surface area is 136 Å². The first-order chi connectivity index (χ1) is 10.5. The number of benzene rings is 2. The van der Waals surface area contributed by atoms with E-state index in [2.05, 4.69) is 5.32 Å². The third-order valence-corrected chi connectivity index (χ3v) is 3.65. The fraction of sp³-hybridized carbons (Fsp3) is 0.278. The third kappa shape index (κ3) is 5.17. The Bertz CT molecular complexity index is 596. The van der Waals surface area contributed by atoms with Crippen molar-refractivity contribution in [2.24, 2.45) is 5.73 Å². The van der Waals surface area contributed by atoms with E-state index in [4.69, 9.17) is 17.3 Å². The van der Waals surface area contributed by atoms with E-state index < -0.39 is 0 Å². The highest BCUT2D eigenvalue weighted by Crippen LogP contribution is 2.20. The molecule has 0 heterocycles. The van der Waals surface area contributed by atoms with Crippen LogP contribution in [0.15, 0.2) is 54.6 Å². The van der Waals surface area contributed by atoms with Crippen molar-refractivity contribution in [1.29, 1.82) is 0 Å². The summed E-state index contributed by atoms with van der Waals surface area (Å²) in [5, 5.41) is 3.79. The first kappa shape index (κ1) is 16.5. The molecule has 0 bridgehead atoms. The van der Waals surface area contributed by atoms with E-state index in [0.717, 1.165) is 11.1 Å². The van der Waals surface area contributed by atoms with Gasteiger partial charge in [0, 0.05) is 17.5 Å². The Morgan fingerprint density at radius 2 is 1.77 bits per heavy atom. The lowest BCUT2D eigenvalue weighted by Crippen LogP contribution is -2.33. The molecule has 0 spiro atoms. The molecule has 3 N–H and O–H groups in total. The lowest BCUT2D eigenvalue weighted by molar-refractivity contribution is -0.122. The average molecular weight is 317 g/mol. The number of rotatable bonds is 6. The summed E-state index contributed by atoms with van der Waals surface area (Å²) in [5.74, 6) is -0.0298. The molecule has 0 fully saturated rings. The maximum Gasteiger partial charge on any atom is 0.222 e. The monoisotopic (exact) mass is 316 g/mol. The van der Waals surface area contributed by atoms with Gasteiger partial charge in [-0.05, 0) is 36.6 Å². The summed E-state index contributed by atoms with van der Waals surface area (Å²) in [6, 6.07) is 17.4. The Morgan fingerprint density at radius 3 is 2.36 bits per heavy atom. The molecule has 0 saturated carbocycles. The van der Waals surface area contributed by atoms with Crippen LogP contribution < -0.4 is 11.1 Å². The van der Waals surface area contributed by atoms with Crippen molar-refractivity contribution in [3.05, 3.63) is 70.7 Å². The molecule has 2 aromatic carbocycles. The minimum absolute atomic E-state index is 0.0298. The number of nitrogens with two attached hydrogens (primary N) is 1. The minimum atomic E-state index is -0.146. The smallest absolute Gasteiger partial charge is 0.222 e. The normalized spacial score (nSPS) is 13.4. The van der Waals surface area contributed by atoms with Crippen LogP contribution in [0.5, 0.6) is 0 Å². The van der Waals surface area contributed by atoms with Gasteiger partial charge in [0.2, 0.25) is 5.91 Å². The Morgan fingerprint density at radius 1 is 1.14 bits per heavy atom. The molecule has 0 aliphatic heterocycles. The second kappa shape index (κ2) is 7.97. The van der Waals surface area contributed by atoms with Crippen LogP contribution in [0.2, 0.25) is 5.02 Å². The Kier molecular flexibility index (Phi) is 5.99. The average Bonchev–Trinajstić information content (AvgIpc) is 2.49. The lowest BCUT2D eigenvalue weighted by atomic mass is 9.98. The van der Waals surface area contributed by atoms with E-state index in [0.29, 0.717) is 17.9 Å². The van der Waals surface area contributed by atoms with Gasteiger partial charge in [-0.1, -0.05) is 54.1 Å². The van der Waals surface area contributed by atoms with E-state index in [1.165, 1.54) is 0 Å². The molecule has 0 aliphatic carbocycles.